The molecular weight excluding hydrogens is 352 g/mol. The largest absolute Gasteiger partial charge is 0.480 e. The van der Waals surface area contributed by atoms with Crippen LogP contribution < -0.4 is 22.1 Å². The van der Waals surface area contributed by atoms with Crippen LogP contribution in [-0.2, 0) is 14.4 Å². The molecule has 3 amide bonds. The minimum absolute atomic E-state index is 0.156. The van der Waals surface area contributed by atoms with E-state index in [4.69, 9.17) is 21.1 Å². The van der Waals surface area contributed by atoms with Gasteiger partial charge in [-0.2, -0.15) is 4.98 Å². The number of nitrogens with two attached hydrogens (primary N) is 2. The molecule has 1 heterocycles. The van der Waals surface area contributed by atoms with Crippen molar-refractivity contribution in [3.63, 3.8) is 0 Å². The summed E-state index contributed by atoms with van der Waals surface area (Å²) in [5.74, 6) is -3.13. The predicted molar refractivity (Wildman–Crippen MR) is 83.2 cm³/mol. The number of hydrogen-bond acceptors (Lipinski definition) is 9. The first-order valence-corrected chi connectivity index (χ1v) is 7.38. The normalized spacial score (nSPS) is 15.4. The van der Waals surface area contributed by atoms with Crippen LogP contribution in [0.25, 0.3) is 0 Å². The van der Waals surface area contributed by atoms with Crippen LogP contribution in [-0.4, -0.2) is 56.2 Å². The highest BCUT2D eigenvalue weighted by Gasteiger charge is 2.29. The summed E-state index contributed by atoms with van der Waals surface area (Å²) in [4.78, 5) is 49.2. The van der Waals surface area contributed by atoms with E-state index in [-0.39, 0.29) is 11.7 Å². The van der Waals surface area contributed by atoms with Gasteiger partial charge in [-0.15, -0.1) is 0 Å². The predicted octanol–water partition coefficient (Wildman–Crippen LogP) is -2.29. The molecule has 0 fully saturated rings. The number of ketones is 1. The third kappa shape index (κ3) is 5.78. The second-order valence-electron chi connectivity index (χ2n) is 5.48. The van der Waals surface area contributed by atoms with Crippen LogP contribution in [0.3, 0.4) is 0 Å². The molecule has 1 aromatic rings. The molecule has 0 aliphatic carbocycles. The number of primary amides is 1. The standard InChI is InChI=1S/C13H20N6O7/c1-4(20)8(15)10-18-11(26-19-10)6(3-7(14)22)16-13(25)17-9(5(2)21)12(23)24/h5-6,8-9,21H,3,15H2,1-2H3,(H2,14,22)(H,23,24)(H2,16,17,25)/t5?,6-,8-,9-/m0/s1. The molecule has 1 aromatic heterocycles. The van der Waals surface area contributed by atoms with Gasteiger partial charge in [-0.25, -0.2) is 9.59 Å². The van der Waals surface area contributed by atoms with Crippen LogP contribution in [0.5, 0.6) is 0 Å². The van der Waals surface area contributed by atoms with Gasteiger partial charge in [-0.1, -0.05) is 5.16 Å². The number of rotatable bonds is 9. The Balaban J connectivity index is 2.94. The number of aliphatic carboxylic acids is 1. The third-order valence-corrected chi connectivity index (χ3v) is 3.22. The van der Waals surface area contributed by atoms with Gasteiger partial charge in [0.05, 0.1) is 12.5 Å². The summed E-state index contributed by atoms with van der Waals surface area (Å²) in [6.45, 7) is 2.39. The van der Waals surface area contributed by atoms with E-state index in [1.165, 1.54) is 13.8 Å². The second kappa shape index (κ2) is 8.87. The van der Waals surface area contributed by atoms with Gasteiger partial charge in [0.15, 0.2) is 17.6 Å². The summed E-state index contributed by atoms with van der Waals surface area (Å²) in [5, 5.41) is 26.1. The van der Waals surface area contributed by atoms with E-state index in [1.54, 1.807) is 0 Å². The van der Waals surface area contributed by atoms with Crippen LogP contribution in [0.15, 0.2) is 4.52 Å². The van der Waals surface area contributed by atoms with Crippen molar-refractivity contribution in [1.29, 1.82) is 0 Å². The van der Waals surface area contributed by atoms with Gasteiger partial charge in [-0.05, 0) is 13.8 Å². The van der Waals surface area contributed by atoms with Crippen LogP contribution in [0, 0.1) is 0 Å². The van der Waals surface area contributed by atoms with Crippen molar-refractivity contribution < 1.29 is 33.9 Å². The summed E-state index contributed by atoms with van der Waals surface area (Å²) in [5.41, 5.74) is 10.7. The van der Waals surface area contributed by atoms with E-state index in [0.29, 0.717) is 0 Å². The molecule has 8 N–H and O–H groups in total. The smallest absolute Gasteiger partial charge is 0.328 e. The lowest BCUT2D eigenvalue weighted by Gasteiger charge is -2.19. The topological polar surface area (TPSA) is 224 Å². The molecule has 0 spiro atoms. The first kappa shape index (κ1) is 21.0. The summed E-state index contributed by atoms with van der Waals surface area (Å²) in [6.07, 6.45) is -1.83. The van der Waals surface area contributed by atoms with Crippen molar-refractivity contribution >= 4 is 23.7 Å². The molecule has 0 radical (unpaired) electrons. The molecule has 1 rings (SSSR count). The van der Waals surface area contributed by atoms with Gasteiger partial charge in [0, 0.05) is 0 Å². The summed E-state index contributed by atoms with van der Waals surface area (Å²) in [6, 6.07) is -4.97. The molecular formula is C13H20N6O7. The number of Topliss-reactive ketones (excluding diaryl/α,β-unsaturated/α-hetero) is 1. The van der Waals surface area contributed by atoms with Crippen molar-refractivity contribution in [3.05, 3.63) is 11.7 Å². The summed E-state index contributed by atoms with van der Waals surface area (Å²) >= 11 is 0. The van der Waals surface area contributed by atoms with Crippen LogP contribution in [0.4, 0.5) is 4.79 Å². The Kier molecular flexibility index (Phi) is 7.16. The molecule has 0 aliphatic rings. The fraction of sp³-hybridized carbons (Fsp3) is 0.538. The fourth-order valence-electron chi connectivity index (χ4n) is 1.83. The number of carbonyl (C=O) groups is 4. The summed E-state index contributed by atoms with van der Waals surface area (Å²) < 4.78 is 4.89. The SMILES string of the molecule is CC(=O)[C@H](N)c1noc([C@H](CC(N)=O)NC(=O)N[C@H](C(=O)O)C(C)O)n1. The number of nitrogens with one attached hydrogen (secondary N) is 2. The maximum atomic E-state index is 12.0. The first-order chi connectivity index (χ1) is 12.0. The molecule has 0 aromatic carbocycles. The fourth-order valence-corrected chi connectivity index (χ4v) is 1.83. The van der Waals surface area contributed by atoms with E-state index >= 15 is 0 Å². The van der Waals surface area contributed by atoms with Crippen molar-refractivity contribution in [2.45, 2.75) is 44.5 Å². The molecule has 0 saturated heterocycles. The zero-order chi connectivity index (χ0) is 20.0. The monoisotopic (exact) mass is 372 g/mol. The van der Waals surface area contributed by atoms with Gasteiger partial charge in [0.25, 0.3) is 0 Å². The zero-order valence-electron chi connectivity index (χ0n) is 14.0. The number of carboxylic acid groups (broad SMARTS) is 1. The lowest BCUT2D eigenvalue weighted by atomic mass is 10.1. The van der Waals surface area contributed by atoms with Gasteiger partial charge in [0.1, 0.15) is 12.1 Å². The minimum Gasteiger partial charge on any atom is -0.480 e. The molecule has 144 valence electrons. The maximum absolute atomic E-state index is 12.0. The molecule has 4 atom stereocenters. The molecule has 26 heavy (non-hydrogen) atoms. The molecule has 1 unspecified atom stereocenters. The highest BCUT2D eigenvalue weighted by Crippen LogP contribution is 2.17. The Labute approximate surface area is 147 Å². The van der Waals surface area contributed by atoms with Crippen molar-refractivity contribution in [2.75, 3.05) is 0 Å². The van der Waals surface area contributed by atoms with Crippen LogP contribution in [0.2, 0.25) is 0 Å². The quantitative estimate of drug-likeness (QED) is 0.272. The Bertz CT molecular complexity index is 688. The Morgan fingerprint density at radius 2 is 1.88 bits per heavy atom. The number of nitrogens with zero attached hydrogens (tertiary/aromatic N) is 2. The minimum atomic E-state index is -1.59. The number of aromatic nitrogens is 2. The molecule has 0 aliphatic heterocycles. The van der Waals surface area contributed by atoms with Crippen molar-refractivity contribution in [1.82, 2.24) is 20.8 Å². The number of hydrogen-bond donors (Lipinski definition) is 6. The average Bonchev–Trinajstić information content (AvgIpc) is 2.99. The first-order valence-electron chi connectivity index (χ1n) is 7.38. The molecule has 0 bridgehead atoms. The number of urea groups is 1. The van der Waals surface area contributed by atoms with Gasteiger partial charge < -0.3 is 36.8 Å². The molecule has 13 nitrogen and oxygen atoms in total. The highest BCUT2D eigenvalue weighted by atomic mass is 16.5. The van der Waals surface area contributed by atoms with Crippen LogP contribution in [0.1, 0.15) is 44.1 Å². The van der Waals surface area contributed by atoms with Gasteiger partial charge in [0.2, 0.25) is 11.8 Å². The lowest BCUT2D eigenvalue weighted by Crippen LogP contribution is -2.52. The molecule has 13 heteroatoms. The maximum Gasteiger partial charge on any atom is 0.328 e. The Morgan fingerprint density at radius 1 is 1.27 bits per heavy atom. The zero-order valence-corrected chi connectivity index (χ0v) is 14.0. The third-order valence-electron chi connectivity index (χ3n) is 3.22. The highest BCUT2D eigenvalue weighted by molar-refractivity contribution is 5.84. The van der Waals surface area contributed by atoms with E-state index in [0.717, 1.165) is 0 Å². The molecule has 0 saturated carbocycles. The van der Waals surface area contributed by atoms with Crippen molar-refractivity contribution in [2.24, 2.45) is 11.5 Å². The number of carbonyl (C=O) groups excluding carboxylic acids is 3. The van der Waals surface area contributed by atoms with Crippen molar-refractivity contribution in [3.8, 4) is 0 Å². The number of aliphatic hydroxyl groups is 1. The van der Waals surface area contributed by atoms with Crippen LogP contribution >= 0.6 is 0 Å². The average molecular weight is 372 g/mol. The Morgan fingerprint density at radius 3 is 2.35 bits per heavy atom. The second-order valence-corrected chi connectivity index (χ2v) is 5.48. The number of aliphatic hydroxyl groups excluding tert-OH is 1. The van der Waals surface area contributed by atoms with E-state index < -0.39 is 54.3 Å². The summed E-state index contributed by atoms with van der Waals surface area (Å²) in [7, 11) is 0. The number of amides is 3. The number of carboxylic acids is 1. The lowest BCUT2D eigenvalue weighted by molar-refractivity contribution is -0.141. The van der Waals surface area contributed by atoms with E-state index in [1.807, 2.05) is 5.32 Å². The van der Waals surface area contributed by atoms with E-state index in [9.17, 15) is 24.3 Å². The Hall–Kier alpha value is -3.06. The van der Waals surface area contributed by atoms with Gasteiger partial charge >= 0.3 is 12.0 Å². The van der Waals surface area contributed by atoms with Gasteiger partial charge in [-0.3, -0.25) is 9.59 Å². The van der Waals surface area contributed by atoms with E-state index in [2.05, 4.69) is 15.5 Å².